The summed E-state index contributed by atoms with van der Waals surface area (Å²) in [4.78, 5) is 12.2. The molecular formula is C25H42O4Si2. The number of carbonyl (C=O) groups excluding carboxylic acids is 1. The lowest BCUT2D eigenvalue weighted by Crippen LogP contribution is -2.53. The number of benzene rings is 1. The van der Waals surface area contributed by atoms with Gasteiger partial charge in [0.15, 0.2) is 16.6 Å². The number of carbonyl (C=O) groups is 1. The van der Waals surface area contributed by atoms with Crippen LogP contribution in [-0.2, 0) is 18.4 Å². The second kappa shape index (κ2) is 9.34. The van der Waals surface area contributed by atoms with Crippen molar-refractivity contribution in [2.45, 2.75) is 103 Å². The minimum Gasteiger partial charge on any atom is -0.456 e. The van der Waals surface area contributed by atoms with Crippen LogP contribution in [0.15, 0.2) is 42.5 Å². The van der Waals surface area contributed by atoms with E-state index in [1.807, 2.05) is 24.3 Å². The monoisotopic (exact) mass is 462 g/mol. The number of ether oxygens (including phenoxy) is 1. The predicted molar refractivity (Wildman–Crippen MR) is 133 cm³/mol. The van der Waals surface area contributed by atoms with Gasteiger partial charge in [0.2, 0.25) is 0 Å². The van der Waals surface area contributed by atoms with Crippen LogP contribution in [0.2, 0.25) is 36.3 Å². The quantitative estimate of drug-likeness (QED) is 0.323. The van der Waals surface area contributed by atoms with E-state index < -0.39 is 16.6 Å². The summed E-state index contributed by atoms with van der Waals surface area (Å²) in [5.41, 5.74) is 1.07. The smallest absolute Gasteiger partial charge is 0.330 e. The van der Waals surface area contributed by atoms with Crippen molar-refractivity contribution in [3.05, 3.63) is 48.0 Å². The minimum atomic E-state index is -2.17. The lowest BCUT2D eigenvalue weighted by Gasteiger charge is -2.47. The van der Waals surface area contributed by atoms with Gasteiger partial charge in [-0.2, -0.15) is 0 Å². The van der Waals surface area contributed by atoms with Gasteiger partial charge in [-0.1, -0.05) is 78.0 Å². The summed E-state index contributed by atoms with van der Waals surface area (Å²) in [5.74, 6) is -0.306. The van der Waals surface area contributed by atoms with Crippen molar-refractivity contribution in [1.82, 2.24) is 0 Å². The number of cyclic esters (lactones) is 1. The van der Waals surface area contributed by atoms with Crippen LogP contribution in [0.5, 0.6) is 0 Å². The second-order valence-corrected chi connectivity index (χ2v) is 21.2. The largest absolute Gasteiger partial charge is 0.456 e. The Morgan fingerprint density at radius 1 is 0.903 bits per heavy atom. The molecule has 0 bridgehead atoms. The highest BCUT2D eigenvalue weighted by Crippen LogP contribution is 2.45. The molecule has 0 fully saturated rings. The molecule has 0 radical (unpaired) electrons. The molecule has 6 heteroatoms. The average Bonchev–Trinajstić information content (AvgIpc) is 2.63. The lowest BCUT2D eigenvalue weighted by molar-refractivity contribution is -0.153. The molecular weight excluding hydrogens is 420 g/mol. The summed E-state index contributed by atoms with van der Waals surface area (Å²) in [6.07, 6.45) is 2.99. The van der Waals surface area contributed by atoms with Crippen molar-refractivity contribution in [3.63, 3.8) is 0 Å². The molecule has 0 saturated heterocycles. The van der Waals surface area contributed by atoms with Crippen molar-refractivity contribution in [2.75, 3.05) is 0 Å². The van der Waals surface area contributed by atoms with E-state index in [0.29, 0.717) is 6.42 Å². The third-order valence-corrected chi connectivity index (χ3v) is 16.1. The van der Waals surface area contributed by atoms with Crippen molar-refractivity contribution < 1.29 is 18.4 Å². The maximum Gasteiger partial charge on any atom is 0.330 e. The van der Waals surface area contributed by atoms with Crippen molar-refractivity contribution in [2.24, 2.45) is 0 Å². The van der Waals surface area contributed by atoms with Gasteiger partial charge in [0.1, 0.15) is 12.2 Å². The first-order valence-electron chi connectivity index (χ1n) is 11.3. The molecule has 0 saturated carbocycles. The molecule has 3 atom stereocenters. The van der Waals surface area contributed by atoms with E-state index in [2.05, 4.69) is 79.9 Å². The Balaban J connectivity index is 2.57. The van der Waals surface area contributed by atoms with Crippen LogP contribution in [0.4, 0.5) is 0 Å². The maximum atomic E-state index is 12.2. The van der Waals surface area contributed by atoms with Gasteiger partial charge in [0.25, 0.3) is 0 Å². The Kier molecular flexibility index (Phi) is 7.84. The Bertz CT molecular complexity index is 773. The first-order chi connectivity index (χ1) is 14.1. The lowest BCUT2D eigenvalue weighted by atomic mass is 9.97. The van der Waals surface area contributed by atoms with Gasteiger partial charge >= 0.3 is 5.97 Å². The van der Waals surface area contributed by atoms with E-state index in [1.54, 1.807) is 0 Å². The van der Waals surface area contributed by atoms with E-state index in [9.17, 15) is 4.79 Å². The molecule has 174 valence electrons. The topological polar surface area (TPSA) is 44.8 Å². The van der Waals surface area contributed by atoms with Gasteiger partial charge in [-0.15, -0.1) is 0 Å². The summed E-state index contributed by atoms with van der Waals surface area (Å²) in [7, 11) is -4.31. The number of hydrogen-bond donors (Lipinski definition) is 0. The number of hydrogen-bond acceptors (Lipinski definition) is 4. The van der Waals surface area contributed by atoms with E-state index in [4.69, 9.17) is 13.6 Å². The number of esters is 1. The van der Waals surface area contributed by atoms with Crippen LogP contribution in [0.25, 0.3) is 0 Å². The zero-order chi connectivity index (χ0) is 23.7. The molecule has 1 aliphatic heterocycles. The fraction of sp³-hybridized carbons (Fsp3) is 0.640. The summed E-state index contributed by atoms with van der Waals surface area (Å²) in [6.45, 7) is 22.4. The number of rotatable bonds is 7. The van der Waals surface area contributed by atoms with Crippen LogP contribution in [0.1, 0.15) is 59.6 Å². The van der Waals surface area contributed by atoms with Gasteiger partial charge in [0.05, 0.1) is 6.10 Å². The Morgan fingerprint density at radius 3 is 1.90 bits per heavy atom. The van der Waals surface area contributed by atoms with Crippen molar-refractivity contribution in [1.29, 1.82) is 0 Å². The van der Waals surface area contributed by atoms with Crippen LogP contribution in [-0.4, -0.2) is 34.8 Å². The van der Waals surface area contributed by atoms with Crippen LogP contribution >= 0.6 is 0 Å². The normalized spacial score (nSPS) is 20.3. The molecule has 0 amide bonds. The van der Waals surface area contributed by atoms with Gasteiger partial charge in [0, 0.05) is 12.5 Å². The molecule has 0 aromatic heterocycles. The zero-order valence-electron chi connectivity index (χ0n) is 21.1. The summed E-state index contributed by atoms with van der Waals surface area (Å²) < 4.78 is 19.8. The highest BCUT2D eigenvalue weighted by atomic mass is 28.4. The SMILES string of the molecule is CC(C)(C)[Si](C)(C)O[C@H]([C@H](O[Si](C)(C)C(C)(C)C)c1ccccc1)[C@H]1CC=CC(=O)O1. The molecule has 0 unspecified atom stereocenters. The first-order valence-corrected chi connectivity index (χ1v) is 17.1. The highest BCUT2D eigenvalue weighted by molar-refractivity contribution is 6.74. The fourth-order valence-electron chi connectivity index (χ4n) is 3.05. The van der Waals surface area contributed by atoms with E-state index in [1.165, 1.54) is 6.08 Å². The van der Waals surface area contributed by atoms with Gasteiger partial charge in [-0.25, -0.2) is 4.79 Å². The minimum absolute atomic E-state index is 0.0258. The molecule has 0 N–H and O–H groups in total. The van der Waals surface area contributed by atoms with E-state index >= 15 is 0 Å². The summed E-state index contributed by atoms with van der Waals surface area (Å²) in [5, 5.41) is 0.0721. The molecule has 0 spiro atoms. The average molecular weight is 463 g/mol. The van der Waals surface area contributed by atoms with E-state index in [0.717, 1.165) is 5.56 Å². The van der Waals surface area contributed by atoms with Gasteiger partial charge in [-0.3, -0.25) is 0 Å². The third-order valence-electron chi connectivity index (χ3n) is 7.15. The standard InChI is InChI=1S/C25H42O4Si2/c1-24(2,3)30(7,8)28-22(19-15-12-11-13-16-19)23(20-17-14-18-21(26)27-20)29-31(9,10)25(4,5)6/h11-16,18,20,22-23H,17H2,1-10H3/t20-,22-,23+/m1/s1. The molecule has 1 heterocycles. The zero-order valence-corrected chi connectivity index (χ0v) is 23.1. The predicted octanol–water partition coefficient (Wildman–Crippen LogP) is 7.01. The Hall–Kier alpha value is -1.22. The molecule has 1 aromatic rings. The second-order valence-electron chi connectivity index (χ2n) is 11.7. The Morgan fingerprint density at radius 2 is 1.42 bits per heavy atom. The molecule has 2 rings (SSSR count). The Labute approximate surface area is 191 Å². The summed E-state index contributed by atoms with van der Waals surface area (Å²) in [6, 6.07) is 10.3. The maximum absolute atomic E-state index is 12.2. The fourth-order valence-corrected chi connectivity index (χ4v) is 5.62. The van der Waals surface area contributed by atoms with Gasteiger partial charge < -0.3 is 13.6 Å². The van der Waals surface area contributed by atoms with E-state index in [-0.39, 0.29) is 34.4 Å². The molecule has 31 heavy (non-hydrogen) atoms. The summed E-state index contributed by atoms with van der Waals surface area (Å²) >= 11 is 0. The van der Waals surface area contributed by atoms with Gasteiger partial charge in [-0.05, 0) is 41.8 Å². The van der Waals surface area contributed by atoms with Crippen LogP contribution < -0.4 is 0 Å². The molecule has 1 aliphatic rings. The molecule has 0 aliphatic carbocycles. The molecule has 1 aromatic carbocycles. The first kappa shape index (κ1) is 26.0. The van der Waals surface area contributed by atoms with Crippen LogP contribution in [0.3, 0.4) is 0 Å². The van der Waals surface area contributed by atoms with Crippen molar-refractivity contribution in [3.8, 4) is 0 Å². The van der Waals surface area contributed by atoms with Crippen molar-refractivity contribution >= 4 is 22.6 Å². The third kappa shape index (κ3) is 6.40. The van der Waals surface area contributed by atoms with Crippen LogP contribution in [0, 0.1) is 0 Å². The molecule has 4 nitrogen and oxygen atoms in total. The highest BCUT2D eigenvalue weighted by Gasteiger charge is 2.48.